The molecule has 0 bridgehead atoms. The van der Waals surface area contributed by atoms with Crippen molar-refractivity contribution < 1.29 is 18.9 Å². The van der Waals surface area contributed by atoms with Crippen LogP contribution in [0.2, 0.25) is 0 Å². The fourth-order valence-electron chi connectivity index (χ4n) is 6.28. The van der Waals surface area contributed by atoms with Crippen LogP contribution in [0.3, 0.4) is 0 Å². The van der Waals surface area contributed by atoms with Crippen LogP contribution in [0.5, 0.6) is 46.0 Å². The molecule has 0 radical (unpaired) electrons. The molecule has 0 amide bonds. The van der Waals surface area contributed by atoms with Crippen LogP contribution in [0.25, 0.3) is 0 Å². The predicted molar refractivity (Wildman–Crippen MR) is 240 cm³/mol. The minimum atomic E-state index is 0.243. The minimum absolute atomic E-state index is 0.243. The molecule has 0 aliphatic carbocycles. The quantitative estimate of drug-likeness (QED) is 0.0898. The van der Waals surface area contributed by atoms with Gasteiger partial charge in [-0.15, -0.1) is 0 Å². The Hall–Kier alpha value is -7.84. The third kappa shape index (κ3) is 11.6. The van der Waals surface area contributed by atoms with Crippen LogP contribution in [0.4, 0.5) is 22.7 Å². The van der Waals surface area contributed by atoms with Gasteiger partial charge in [-0.1, -0.05) is 79.7 Å². The van der Waals surface area contributed by atoms with Crippen LogP contribution in [0.1, 0.15) is 35.1 Å². The Balaban J connectivity index is 0.000000179. The maximum Gasteiger partial charge on any atom is 0.129 e. The second-order valence-corrected chi connectivity index (χ2v) is 14.0. The predicted octanol–water partition coefficient (Wildman–Crippen LogP) is 12.6. The van der Waals surface area contributed by atoms with Crippen LogP contribution < -0.4 is 41.9 Å². The molecule has 0 spiro atoms. The van der Waals surface area contributed by atoms with Gasteiger partial charge < -0.3 is 41.9 Å². The molecular formula is C51H46N4O4. The molecule has 59 heavy (non-hydrogen) atoms. The second-order valence-electron chi connectivity index (χ2n) is 14.0. The molecule has 8 nitrogen and oxygen atoms in total. The maximum atomic E-state index is 5.87. The van der Waals surface area contributed by atoms with Gasteiger partial charge in [-0.25, -0.2) is 0 Å². The van der Waals surface area contributed by atoms with E-state index in [4.69, 9.17) is 41.9 Å². The fraction of sp³-hybridized carbons (Fsp3) is 0.0588. The number of hydrogen-bond donors (Lipinski definition) is 4. The van der Waals surface area contributed by atoms with Gasteiger partial charge in [-0.2, -0.15) is 0 Å². The molecule has 0 aliphatic rings. The van der Waals surface area contributed by atoms with E-state index in [1.165, 1.54) is 22.3 Å². The maximum absolute atomic E-state index is 5.87. The lowest BCUT2D eigenvalue weighted by Gasteiger charge is -2.14. The number of nitrogen functional groups attached to an aromatic ring is 4. The summed E-state index contributed by atoms with van der Waals surface area (Å²) in [6.07, 6.45) is 0.830. The molecule has 0 heterocycles. The van der Waals surface area contributed by atoms with E-state index in [1.54, 1.807) is 12.1 Å². The highest BCUT2D eigenvalue weighted by atomic mass is 16.5. The largest absolute Gasteiger partial charge is 0.457 e. The first-order valence-corrected chi connectivity index (χ1v) is 19.2. The van der Waals surface area contributed by atoms with Crippen LogP contribution in [0.15, 0.2) is 194 Å². The van der Waals surface area contributed by atoms with Crippen molar-refractivity contribution in [1.29, 1.82) is 0 Å². The average molecular weight is 779 g/mol. The highest BCUT2D eigenvalue weighted by Gasteiger charge is 2.10. The topological polar surface area (TPSA) is 141 Å². The first-order chi connectivity index (χ1) is 28.7. The molecule has 8 N–H and O–H groups in total. The second kappa shape index (κ2) is 18.9. The summed E-state index contributed by atoms with van der Waals surface area (Å²) in [4.78, 5) is 0. The van der Waals surface area contributed by atoms with E-state index in [1.807, 2.05) is 133 Å². The lowest BCUT2D eigenvalue weighted by Crippen LogP contribution is -1.96. The summed E-state index contributed by atoms with van der Waals surface area (Å²) >= 11 is 0. The summed E-state index contributed by atoms with van der Waals surface area (Å²) in [5, 5.41) is 0. The van der Waals surface area contributed by atoms with Crippen molar-refractivity contribution in [2.24, 2.45) is 0 Å². The van der Waals surface area contributed by atoms with Crippen LogP contribution >= 0.6 is 0 Å². The number of anilines is 4. The molecule has 0 atom stereocenters. The smallest absolute Gasteiger partial charge is 0.129 e. The third-order valence-electron chi connectivity index (χ3n) is 9.39. The van der Waals surface area contributed by atoms with E-state index in [0.717, 1.165) is 52.4 Å². The number of rotatable bonds is 12. The van der Waals surface area contributed by atoms with E-state index in [-0.39, 0.29) is 5.92 Å². The summed E-state index contributed by atoms with van der Waals surface area (Å²) in [7, 11) is 0. The Bertz CT molecular complexity index is 2400. The van der Waals surface area contributed by atoms with Gasteiger partial charge in [0.15, 0.2) is 0 Å². The summed E-state index contributed by atoms with van der Waals surface area (Å²) < 4.78 is 23.4. The van der Waals surface area contributed by atoms with E-state index < -0.39 is 0 Å². The zero-order chi connectivity index (χ0) is 41.0. The molecule has 8 aromatic rings. The van der Waals surface area contributed by atoms with Crippen molar-refractivity contribution in [3.05, 3.63) is 216 Å². The van der Waals surface area contributed by atoms with Crippen molar-refractivity contribution in [2.45, 2.75) is 19.3 Å². The molecule has 0 fully saturated rings. The number of ether oxygens (including phenoxy) is 4. The summed E-state index contributed by atoms with van der Waals surface area (Å²) in [6, 6.07) is 62.0. The molecule has 0 aliphatic heterocycles. The Morgan fingerprint density at radius 1 is 0.322 bits per heavy atom. The van der Waals surface area contributed by atoms with Gasteiger partial charge >= 0.3 is 0 Å². The number of hydrogen-bond acceptors (Lipinski definition) is 8. The molecule has 294 valence electrons. The minimum Gasteiger partial charge on any atom is -0.457 e. The molecule has 0 saturated heterocycles. The summed E-state index contributed by atoms with van der Waals surface area (Å²) in [5.41, 5.74) is 30.7. The first-order valence-electron chi connectivity index (χ1n) is 19.2. The van der Waals surface area contributed by atoms with Gasteiger partial charge in [0.25, 0.3) is 0 Å². The van der Waals surface area contributed by atoms with Gasteiger partial charge in [0.05, 0.1) is 0 Å². The lowest BCUT2D eigenvalue weighted by atomic mass is 9.93. The van der Waals surface area contributed by atoms with Gasteiger partial charge in [-0.05, 0) is 126 Å². The molecule has 0 saturated carbocycles. The standard InChI is InChI=1S/C26H24N2O2.C25H22N2O2/c1-18(19-8-12-23(13-9-19)29-25-6-2-4-21(27)16-25)20-10-14-24(15-11-20)30-26-7-3-5-22(28)17-26;26-20-3-1-5-24(16-20)28-22-11-7-18(8-12-22)15-19-9-13-23(14-10-19)29-25-6-2-4-21(27)17-25/h2-18H,27-28H2,1H3;1-14,16-17H,15,26-27H2. The van der Waals surface area contributed by atoms with Gasteiger partial charge in [0.1, 0.15) is 46.0 Å². The van der Waals surface area contributed by atoms with Crippen molar-refractivity contribution in [1.82, 2.24) is 0 Å². The summed E-state index contributed by atoms with van der Waals surface area (Å²) in [6.45, 7) is 2.18. The van der Waals surface area contributed by atoms with Gasteiger partial charge in [0.2, 0.25) is 0 Å². The van der Waals surface area contributed by atoms with Crippen molar-refractivity contribution in [3.8, 4) is 46.0 Å². The van der Waals surface area contributed by atoms with E-state index >= 15 is 0 Å². The zero-order valence-corrected chi connectivity index (χ0v) is 32.7. The molecule has 8 rings (SSSR count). The van der Waals surface area contributed by atoms with Crippen molar-refractivity contribution in [3.63, 3.8) is 0 Å². The van der Waals surface area contributed by atoms with Crippen molar-refractivity contribution >= 4 is 22.7 Å². The first kappa shape index (κ1) is 39.4. The Morgan fingerprint density at radius 2 is 0.576 bits per heavy atom. The molecule has 0 aromatic heterocycles. The molecule has 0 unspecified atom stereocenters. The Labute approximate surface area is 345 Å². The number of benzene rings is 8. The fourth-order valence-corrected chi connectivity index (χ4v) is 6.28. The van der Waals surface area contributed by atoms with E-state index in [9.17, 15) is 0 Å². The highest BCUT2D eigenvalue weighted by Crippen LogP contribution is 2.31. The van der Waals surface area contributed by atoms with Gasteiger partial charge in [-0.3, -0.25) is 0 Å². The third-order valence-corrected chi connectivity index (χ3v) is 9.39. The van der Waals surface area contributed by atoms with E-state index in [0.29, 0.717) is 22.7 Å². The number of nitrogens with two attached hydrogens (primary N) is 4. The highest BCUT2D eigenvalue weighted by molar-refractivity contribution is 5.49. The lowest BCUT2D eigenvalue weighted by molar-refractivity contribution is 0.482. The molecule has 8 aromatic carbocycles. The average Bonchev–Trinajstić information content (AvgIpc) is 3.23. The van der Waals surface area contributed by atoms with Crippen LogP contribution in [0, 0.1) is 0 Å². The van der Waals surface area contributed by atoms with E-state index in [2.05, 4.69) is 55.5 Å². The van der Waals surface area contributed by atoms with Crippen LogP contribution in [-0.2, 0) is 6.42 Å². The van der Waals surface area contributed by atoms with Gasteiger partial charge in [0, 0.05) is 52.9 Å². The molecule has 8 heteroatoms. The Kier molecular flexibility index (Phi) is 12.6. The monoisotopic (exact) mass is 778 g/mol. The van der Waals surface area contributed by atoms with Crippen LogP contribution in [-0.4, -0.2) is 0 Å². The summed E-state index contributed by atoms with van der Waals surface area (Å²) in [5.74, 6) is 6.29. The zero-order valence-electron chi connectivity index (χ0n) is 32.7. The van der Waals surface area contributed by atoms with Crippen molar-refractivity contribution in [2.75, 3.05) is 22.9 Å². The Morgan fingerprint density at radius 3 is 0.831 bits per heavy atom. The SMILES string of the molecule is CC(c1ccc(Oc2cccc(N)c2)cc1)c1ccc(Oc2cccc(N)c2)cc1.Nc1cccc(Oc2ccc(Cc3ccc(Oc4cccc(N)c4)cc3)cc2)c1. The molecular weight excluding hydrogens is 733 g/mol. The normalized spacial score (nSPS) is 10.6.